The third-order valence-corrected chi connectivity index (χ3v) is 7.40. The Balaban J connectivity index is 1.99. The van der Waals surface area contributed by atoms with Gasteiger partial charge in [-0.3, -0.25) is 9.52 Å². The second-order valence-electron chi connectivity index (χ2n) is 7.52. The maximum Gasteiger partial charge on any atom is 0.263 e. The van der Waals surface area contributed by atoms with Gasteiger partial charge in [0, 0.05) is 19.2 Å². The molecule has 1 heterocycles. The number of carbonyl (C=O) groups excluding carboxylic acids is 1. The van der Waals surface area contributed by atoms with Crippen LogP contribution in [-0.4, -0.2) is 58.7 Å². The number of ether oxygens (including phenoxy) is 3. The number of benzene rings is 2. The first-order valence-corrected chi connectivity index (χ1v) is 12.5. The fourth-order valence-corrected chi connectivity index (χ4v) is 5.71. The molecule has 0 aliphatic carbocycles. The molecule has 180 valence electrons. The van der Waals surface area contributed by atoms with E-state index < -0.39 is 15.9 Å². The van der Waals surface area contributed by atoms with Gasteiger partial charge in [-0.25, -0.2) is 8.42 Å². The summed E-state index contributed by atoms with van der Waals surface area (Å²) in [6, 6.07) is 5.19. The Labute approximate surface area is 207 Å². The molecule has 0 bridgehead atoms. The van der Waals surface area contributed by atoms with E-state index in [9.17, 15) is 13.2 Å². The van der Waals surface area contributed by atoms with Gasteiger partial charge >= 0.3 is 0 Å². The number of methoxy groups -OCH3 is 2. The summed E-state index contributed by atoms with van der Waals surface area (Å²) in [5.41, 5.74) is 0.0838. The molecular formula is C21H23Cl3N2O6S. The Morgan fingerprint density at radius 3 is 2.15 bits per heavy atom. The van der Waals surface area contributed by atoms with Gasteiger partial charge in [-0.2, -0.15) is 0 Å². The van der Waals surface area contributed by atoms with Gasteiger partial charge in [0.2, 0.25) is 0 Å². The van der Waals surface area contributed by atoms with Crippen molar-refractivity contribution >= 4 is 56.4 Å². The van der Waals surface area contributed by atoms with Crippen molar-refractivity contribution in [1.29, 1.82) is 0 Å². The molecule has 2 aromatic carbocycles. The largest absolute Gasteiger partial charge is 0.495 e. The molecule has 1 amide bonds. The van der Waals surface area contributed by atoms with Crippen LogP contribution in [0.1, 0.15) is 24.2 Å². The van der Waals surface area contributed by atoms with Gasteiger partial charge in [-0.15, -0.1) is 0 Å². The van der Waals surface area contributed by atoms with Gasteiger partial charge in [0.25, 0.3) is 15.9 Å². The molecule has 33 heavy (non-hydrogen) atoms. The number of nitrogens with one attached hydrogen (secondary N) is 1. The van der Waals surface area contributed by atoms with Crippen LogP contribution in [0.15, 0.2) is 29.2 Å². The van der Waals surface area contributed by atoms with Crippen LogP contribution in [-0.2, 0) is 14.8 Å². The van der Waals surface area contributed by atoms with E-state index in [2.05, 4.69) is 4.72 Å². The average Bonchev–Trinajstić information content (AvgIpc) is 2.72. The lowest BCUT2D eigenvalue weighted by Crippen LogP contribution is -2.48. The van der Waals surface area contributed by atoms with Crippen molar-refractivity contribution in [3.8, 4) is 11.5 Å². The summed E-state index contributed by atoms with van der Waals surface area (Å²) in [6.07, 6.45) is -0.332. The second kappa shape index (κ2) is 10.1. The Kier molecular flexibility index (Phi) is 7.91. The number of amides is 1. The fraction of sp³-hybridized carbons (Fsp3) is 0.381. The van der Waals surface area contributed by atoms with Gasteiger partial charge in [-0.1, -0.05) is 34.8 Å². The molecule has 0 unspecified atom stereocenters. The van der Waals surface area contributed by atoms with E-state index in [1.165, 1.54) is 32.4 Å². The lowest BCUT2D eigenvalue weighted by Gasteiger charge is -2.35. The summed E-state index contributed by atoms with van der Waals surface area (Å²) < 4.78 is 44.8. The Morgan fingerprint density at radius 1 is 0.970 bits per heavy atom. The topological polar surface area (TPSA) is 94.2 Å². The highest BCUT2D eigenvalue weighted by Gasteiger charge is 2.30. The molecule has 1 aliphatic heterocycles. The van der Waals surface area contributed by atoms with Crippen molar-refractivity contribution in [2.24, 2.45) is 0 Å². The molecular weight excluding hydrogens is 515 g/mol. The molecule has 0 saturated carbocycles. The zero-order valence-corrected chi connectivity index (χ0v) is 21.4. The maximum atomic E-state index is 13.2. The molecule has 0 radical (unpaired) electrons. The van der Waals surface area contributed by atoms with Crippen LogP contribution >= 0.6 is 34.8 Å². The minimum Gasteiger partial charge on any atom is -0.495 e. The summed E-state index contributed by atoms with van der Waals surface area (Å²) in [4.78, 5) is 14.4. The van der Waals surface area contributed by atoms with E-state index in [0.717, 1.165) is 6.07 Å². The van der Waals surface area contributed by atoms with Crippen molar-refractivity contribution in [2.75, 3.05) is 32.0 Å². The Hall–Kier alpha value is -1.91. The minimum absolute atomic E-state index is 0.0162. The summed E-state index contributed by atoms with van der Waals surface area (Å²) in [6.45, 7) is 4.41. The number of hydrogen-bond acceptors (Lipinski definition) is 6. The molecule has 1 N–H and O–H groups in total. The van der Waals surface area contributed by atoms with Gasteiger partial charge < -0.3 is 19.1 Å². The van der Waals surface area contributed by atoms with E-state index in [4.69, 9.17) is 49.0 Å². The smallest absolute Gasteiger partial charge is 0.263 e. The van der Waals surface area contributed by atoms with Crippen LogP contribution in [0.25, 0.3) is 0 Å². The first kappa shape index (κ1) is 25.7. The van der Waals surface area contributed by atoms with Crippen molar-refractivity contribution in [3.05, 3.63) is 44.9 Å². The molecule has 2 atom stereocenters. The molecule has 12 heteroatoms. The van der Waals surface area contributed by atoms with Crippen LogP contribution in [0.5, 0.6) is 11.5 Å². The van der Waals surface area contributed by atoms with E-state index in [0.29, 0.717) is 18.8 Å². The molecule has 2 aromatic rings. The Morgan fingerprint density at radius 2 is 1.58 bits per heavy atom. The average molecular weight is 538 g/mol. The molecule has 0 aromatic heterocycles. The number of carbonyl (C=O) groups is 1. The van der Waals surface area contributed by atoms with Gasteiger partial charge in [0.15, 0.2) is 0 Å². The van der Waals surface area contributed by atoms with E-state index >= 15 is 0 Å². The number of sulfonamides is 1. The van der Waals surface area contributed by atoms with Crippen LogP contribution < -0.4 is 14.2 Å². The highest BCUT2D eigenvalue weighted by molar-refractivity contribution is 7.92. The van der Waals surface area contributed by atoms with Crippen molar-refractivity contribution in [2.45, 2.75) is 31.0 Å². The molecule has 0 spiro atoms. The first-order chi connectivity index (χ1) is 15.5. The van der Waals surface area contributed by atoms with Crippen molar-refractivity contribution in [3.63, 3.8) is 0 Å². The molecule has 1 aliphatic rings. The highest BCUT2D eigenvalue weighted by atomic mass is 35.5. The lowest BCUT2D eigenvalue weighted by atomic mass is 10.1. The molecule has 3 rings (SSSR count). The number of hydrogen-bond donors (Lipinski definition) is 1. The van der Waals surface area contributed by atoms with Crippen LogP contribution in [0.2, 0.25) is 15.1 Å². The summed E-state index contributed by atoms with van der Waals surface area (Å²) >= 11 is 18.6. The van der Waals surface area contributed by atoms with Gasteiger partial charge in [0.05, 0.1) is 52.7 Å². The van der Waals surface area contributed by atoms with E-state index in [1.54, 1.807) is 4.90 Å². The van der Waals surface area contributed by atoms with Crippen LogP contribution in [0, 0.1) is 0 Å². The minimum atomic E-state index is -4.25. The predicted octanol–water partition coefficient (Wildman–Crippen LogP) is 4.71. The standard InChI is InChI=1S/C21H23Cl3N2O6S/c1-11-9-26(10-12(2)32-11)21(27)13-5-20(16(24)6-14(13)22)33(28,29)25-17-7-15(23)18(30-3)8-19(17)31-4/h5-8,11-12,25H,9-10H2,1-4H3/t11-,12-/m1/s1. The third kappa shape index (κ3) is 5.60. The summed E-state index contributed by atoms with van der Waals surface area (Å²) in [7, 11) is -1.46. The Bertz CT molecular complexity index is 1170. The number of anilines is 1. The third-order valence-electron chi connectivity index (χ3n) is 4.97. The SMILES string of the molecule is COc1cc(OC)c(NS(=O)(=O)c2cc(C(=O)N3C[C@@H](C)O[C@H](C)C3)c(Cl)cc2Cl)cc1Cl. The number of halogens is 3. The van der Waals surface area contributed by atoms with Crippen molar-refractivity contribution in [1.82, 2.24) is 4.90 Å². The van der Waals surface area contributed by atoms with Crippen molar-refractivity contribution < 1.29 is 27.4 Å². The lowest BCUT2D eigenvalue weighted by molar-refractivity contribution is -0.0586. The van der Waals surface area contributed by atoms with Gasteiger partial charge in [0.1, 0.15) is 16.4 Å². The fourth-order valence-electron chi connectivity index (χ4n) is 3.55. The monoisotopic (exact) mass is 536 g/mol. The number of morpholine rings is 1. The number of nitrogens with zero attached hydrogens (tertiary/aromatic N) is 1. The van der Waals surface area contributed by atoms with E-state index in [-0.39, 0.29) is 49.2 Å². The highest BCUT2D eigenvalue weighted by Crippen LogP contribution is 2.38. The van der Waals surface area contributed by atoms with E-state index in [1.807, 2.05) is 13.8 Å². The van der Waals surface area contributed by atoms with Crippen LogP contribution in [0.4, 0.5) is 5.69 Å². The zero-order chi connectivity index (χ0) is 24.5. The maximum absolute atomic E-state index is 13.2. The molecule has 1 fully saturated rings. The molecule has 8 nitrogen and oxygen atoms in total. The first-order valence-electron chi connectivity index (χ1n) is 9.85. The summed E-state index contributed by atoms with van der Waals surface area (Å²) in [5.74, 6) is 0.0699. The van der Waals surface area contributed by atoms with Gasteiger partial charge in [-0.05, 0) is 32.0 Å². The zero-order valence-electron chi connectivity index (χ0n) is 18.3. The summed E-state index contributed by atoms with van der Waals surface area (Å²) in [5, 5.41) is 0.0665. The quantitative estimate of drug-likeness (QED) is 0.573. The van der Waals surface area contributed by atoms with Crippen LogP contribution in [0.3, 0.4) is 0 Å². The normalized spacial score (nSPS) is 18.7. The number of rotatable bonds is 6. The molecule has 1 saturated heterocycles. The predicted molar refractivity (Wildman–Crippen MR) is 128 cm³/mol. The second-order valence-corrected chi connectivity index (χ2v) is 10.4.